The van der Waals surface area contributed by atoms with E-state index < -0.39 is 0 Å². The minimum Gasteiger partial charge on any atom is -0.311 e. The van der Waals surface area contributed by atoms with Crippen molar-refractivity contribution in [3.05, 3.63) is 22.4 Å². The van der Waals surface area contributed by atoms with Crippen LogP contribution in [0.15, 0.2) is 17.5 Å². The van der Waals surface area contributed by atoms with Crippen molar-refractivity contribution in [3.63, 3.8) is 0 Å². The van der Waals surface area contributed by atoms with E-state index in [1.807, 2.05) is 11.3 Å². The Labute approximate surface area is 115 Å². The maximum Gasteiger partial charge on any atom is 0.0334 e. The second-order valence-electron chi connectivity index (χ2n) is 6.04. The molecule has 2 rings (SSSR count). The molecule has 1 N–H and O–H groups in total. The molecule has 0 amide bonds. The summed E-state index contributed by atoms with van der Waals surface area (Å²) < 4.78 is 0. The zero-order valence-electron chi connectivity index (χ0n) is 12.1. The Morgan fingerprint density at radius 3 is 2.89 bits per heavy atom. The van der Waals surface area contributed by atoms with Crippen LogP contribution in [0.4, 0.5) is 0 Å². The molecule has 0 saturated carbocycles. The van der Waals surface area contributed by atoms with Gasteiger partial charge in [-0.05, 0) is 30.7 Å². The van der Waals surface area contributed by atoms with Gasteiger partial charge < -0.3 is 5.32 Å². The standard InChI is InChI=1S/C15H26N2S/c1-5-15(4)11-16-14(12(2)3)10-17(15)9-13-7-6-8-18-13/h6-8,12,14,16H,5,9-11H2,1-4H3. The molecule has 1 aromatic rings. The van der Waals surface area contributed by atoms with Gasteiger partial charge in [0.2, 0.25) is 0 Å². The van der Waals surface area contributed by atoms with Crippen LogP contribution >= 0.6 is 11.3 Å². The molecule has 1 saturated heterocycles. The number of piperazine rings is 1. The van der Waals surface area contributed by atoms with E-state index in [1.54, 1.807) is 0 Å². The van der Waals surface area contributed by atoms with E-state index in [2.05, 4.69) is 55.4 Å². The third kappa shape index (κ3) is 2.95. The first-order valence-electron chi connectivity index (χ1n) is 7.06. The SMILES string of the molecule is CCC1(C)CNC(C(C)C)CN1Cc1cccs1. The topological polar surface area (TPSA) is 15.3 Å². The largest absolute Gasteiger partial charge is 0.311 e. The molecule has 102 valence electrons. The van der Waals surface area contributed by atoms with Gasteiger partial charge in [-0.1, -0.05) is 26.8 Å². The van der Waals surface area contributed by atoms with Crippen LogP contribution in [0.25, 0.3) is 0 Å². The second-order valence-corrected chi connectivity index (χ2v) is 7.07. The van der Waals surface area contributed by atoms with Gasteiger partial charge in [-0.15, -0.1) is 11.3 Å². The molecule has 2 atom stereocenters. The predicted molar refractivity (Wildman–Crippen MR) is 80.1 cm³/mol. The lowest BCUT2D eigenvalue weighted by Crippen LogP contribution is -2.63. The summed E-state index contributed by atoms with van der Waals surface area (Å²) in [6, 6.07) is 5.04. The van der Waals surface area contributed by atoms with E-state index in [-0.39, 0.29) is 0 Å². The van der Waals surface area contributed by atoms with Crippen LogP contribution in [0.2, 0.25) is 0 Å². The highest BCUT2D eigenvalue weighted by Crippen LogP contribution is 2.27. The van der Waals surface area contributed by atoms with E-state index in [0.717, 1.165) is 13.1 Å². The molecule has 2 nitrogen and oxygen atoms in total. The molecule has 0 bridgehead atoms. The lowest BCUT2D eigenvalue weighted by atomic mass is 9.89. The Balaban J connectivity index is 2.10. The maximum absolute atomic E-state index is 3.73. The van der Waals surface area contributed by atoms with E-state index in [1.165, 1.54) is 17.8 Å². The Bertz CT molecular complexity index is 361. The fourth-order valence-electron chi connectivity index (χ4n) is 2.63. The summed E-state index contributed by atoms with van der Waals surface area (Å²) >= 11 is 1.88. The zero-order valence-corrected chi connectivity index (χ0v) is 12.9. The molecule has 0 aliphatic carbocycles. The van der Waals surface area contributed by atoms with Crippen LogP contribution in [-0.4, -0.2) is 29.6 Å². The van der Waals surface area contributed by atoms with Gasteiger partial charge >= 0.3 is 0 Å². The Hall–Kier alpha value is -0.380. The highest BCUT2D eigenvalue weighted by Gasteiger charge is 2.37. The van der Waals surface area contributed by atoms with Crippen LogP contribution in [-0.2, 0) is 6.54 Å². The lowest BCUT2D eigenvalue weighted by Gasteiger charge is -2.48. The van der Waals surface area contributed by atoms with Crippen LogP contribution in [0.3, 0.4) is 0 Å². The summed E-state index contributed by atoms with van der Waals surface area (Å²) in [5.74, 6) is 0.706. The number of thiophene rings is 1. The number of nitrogens with one attached hydrogen (secondary N) is 1. The summed E-state index contributed by atoms with van der Waals surface area (Å²) in [5.41, 5.74) is 0.301. The van der Waals surface area contributed by atoms with Crippen LogP contribution in [0.1, 0.15) is 39.0 Å². The first-order chi connectivity index (χ1) is 8.55. The van der Waals surface area contributed by atoms with Crippen LogP contribution in [0, 0.1) is 5.92 Å². The molecule has 2 unspecified atom stereocenters. The Kier molecular flexibility index (Phi) is 4.46. The molecule has 2 heterocycles. The molecule has 1 aromatic heterocycles. The van der Waals surface area contributed by atoms with Gasteiger partial charge in [0.15, 0.2) is 0 Å². The second kappa shape index (κ2) is 5.72. The van der Waals surface area contributed by atoms with Crippen molar-refractivity contribution in [3.8, 4) is 0 Å². The summed E-state index contributed by atoms with van der Waals surface area (Å²) in [4.78, 5) is 4.17. The van der Waals surface area contributed by atoms with Crippen molar-refractivity contribution in [2.24, 2.45) is 5.92 Å². The molecule has 1 aliphatic heterocycles. The summed E-state index contributed by atoms with van der Waals surface area (Å²) in [6.07, 6.45) is 1.20. The van der Waals surface area contributed by atoms with E-state index >= 15 is 0 Å². The monoisotopic (exact) mass is 266 g/mol. The lowest BCUT2D eigenvalue weighted by molar-refractivity contribution is 0.0325. The van der Waals surface area contributed by atoms with Crippen molar-refractivity contribution in [1.29, 1.82) is 0 Å². The minimum atomic E-state index is 0.301. The van der Waals surface area contributed by atoms with E-state index in [9.17, 15) is 0 Å². The van der Waals surface area contributed by atoms with Crippen LogP contribution < -0.4 is 5.32 Å². The Morgan fingerprint density at radius 1 is 1.56 bits per heavy atom. The van der Waals surface area contributed by atoms with Gasteiger partial charge in [0.25, 0.3) is 0 Å². The first-order valence-corrected chi connectivity index (χ1v) is 7.94. The van der Waals surface area contributed by atoms with Crippen molar-refractivity contribution < 1.29 is 0 Å². The normalized spacial score (nSPS) is 29.9. The Morgan fingerprint density at radius 2 is 2.33 bits per heavy atom. The molecule has 1 fully saturated rings. The van der Waals surface area contributed by atoms with E-state index in [0.29, 0.717) is 17.5 Å². The first kappa shape index (κ1) is 14.0. The summed E-state index contributed by atoms with van der Waals surface area (Å²) in [7, 11) is 0. The third-order valence-electron chi connectivity index (χ3n) is 4.42. The van der Waals surface area contributed by atoms with Crippen molar-refractivity contribution in [2.75, 3.05) is 13.1 Å². The zero-order chi connectivity index (χ0) is 13.2. The summed E-state index contributed by atoms with van der Waals surface area (Å²) in [5, 5.41) is 5.91. The quantitative estimate of drug-likeness (QED) is 0.899. The number of hydrogen-bond acceptors (Lipinski definition) is 3. The number of hydrogen-bond donors (Lipinski definition) is 1. The maximum atomic E-state index is 3.73. The highest BCUT2D eigenvalue weighted by molar-refractivity contribution is 7.09. The van der Waals surface area contributed by atoms with Gasteiger partial charge in [0, 0.05) is 36.1 Å². The fraction of sp³-hybridized carbons (Fsp3) is 0.733. The van der Waals surface area contributed by atoms with E-state index in [4.69, 9.17) is 0 Å². The van der Waals surface area contributed by atoms with Crippen molar-refractivity contribution >= 4 is 11.3 Å². The number of nitrogens with zero attached hydrogens (tertiary/aromatic N) is 1. The molecule has 0 spiro atoms. The molecular weight excluding hydrogens is 240 g/mol. The predicted octanol–water partition coefficient (Wildman–Crippen LogP) is 3.35. The fourth-order valence-corrected chi connectivity index (χ4v) is 3.35. The van der Waals surface area contributed by atoms with Gasteiger partial charge in [-0.25, -0.2) is 0 Å². The molecule has 0 aromatic carbocycles. The van der Waals surface area contributed by atoms with Gasteiger partial charge in [-0.3, -0.25) is 4.90 Å². The molecule has 18 heavy (non-hydrogen) atoms. The smallest absolute Gasteiger partial charge is 0.0334 e. The average Bonchev–Trinajstić information content (AvgIpc) is 2.84. The molecule has 0 radical (unpaired) electrons. The summed E-state index contributed by atoms with van der Waals surface area (Å²) in [6.45, 7) is 12.7. The van der Waals surface area contributed by atoms with Gasteiger partial charge in [-0.2, -0.15) is 0 Å². The molecule has 3 heteroatoms. The number of rotatable bonds is 4. The molecular formula is C15H26N2S. The van der Waals surface area contributed by atoms with Gasteiger partial charge in [0.1, 0.15) is 0 Å². The third-order valence-corrected chi connectivity index (χ3v) is 5.28. The molecule has 1 aliphatic rings. The highest BCUT2D eigenvalue weighted by atomic mass is 32.1. The van der Waals surface area contributed by atoms with Gasteiger partial charge in [0.05, 0.1) is 0 Å². The van der Waals surface area contributed by atoms with Crippen LogP contribution in [0.5, 0.6) is 0 Å². The van der Waals surface area contributed by atoms with Crippen molar-refractivity contribution in [2.45, 2.75) is 52.2 Å². The minimum absolute atomic E-state index is 0.301. The van der Waals surface area contributed by atoms with Crippen molar-refractivity contribution in [1.82, 2.24) is 10.2 Å². The average molecular weight is 266 g/mol.